The molecular weight excluding hydrogens is 508 g/mol. The number of ether oxygens (including phenoxy) is 1. The van der Waals surface area contributed by atoms with Crippen LogP contribution in [0.1, 0.15) is 33.4 Å². The van der Waals surface area contributed by atoms with Gasteiger partial charge >= 0.3 is 5.97 Å². The number of hydrogen-bond acceptors (Lipinski definition) is 10. The highest BCUT2D eigenvalue weighted by Crippen LogP contribution is 2.28. The number of nitrogens with zero attached hydrogens (tertiary/aromatic N) is 4. The van der Waals surface area contributed by atoms with Crippen LogP contribution in [0.3, 0.4) is 0 Å². The Morgan fingerprint density at radius 3 is 2.51 bits per heavy atom. The first kappa shape index (κ1) is 26.1. The second-order valence-electron chi connectivity index (χ2n) is 7.88. The molecule has 4 rings (SSSR count). The Bertz CT molecular complexity index is 1430. The molecule has 0 aliphatic carbocycles. The molecule has 11 heteroatoms. The Morgan fingerprint density at radius 2 is 1.86 bits per heavy atom. The molecule has 0 aliphatic heterocycles. The van der Waals surface area contributed by atoms with E-state index in [2.05, 4.69) is 31.7 Å². The van der Waals surface area contributed by atoms with Gasteiger partial charge in [0.15, 0.2) is 10.0 Å². The second-order valence-corrected chi connectivity index (χ2v) is 10.3. The number of hydrogen-bond donors (Lipinski definition) is 2. The fraction of sp³-hybridized carbons (Fsp3) is 0.192. The predicted molar refractivity (Wildman–Crippen MR) is 144 cm³/mol. The Balaban J connectivity index is 1.62. The molecule has 2 aromatic carbocycles. The molecule has 0 bridgehead atoms. The Hall–Kier alpha value is -3.98. The monoisotopic (exact) mass is 532 g/mol. The molecule has 0 saturated carbocycles. The molecule has 0 saturated heterocycles. The molecule has 9 nitrogen and oxygen atoms in total. The molecule has 0 amide bonds. The van der Waals surface area contributed by atoms with Gasteiger partial charge < -0.3 is 14.6 Å². The zero-order chi connectivity index (χ0) is 26.4. The highest BCUT2D eigenvalue weighted by Gasteiger charge is 2.17. The maximum atomic E-state index is 12.2. The first-order valence-corrected chi connectivity index (χ1v) is 13.7. The Labute approximate surface area is 221 Å². The van der Waals surface area contributed by atoms with Crippen LogP contribution >= 0.6 is 11.3 Å². The lowest BCUT2D eigenvalue weighted by atomic mass is 10.1. The average molecular weight is 533 g/mol. The van der Waals surface area contributed by atoms with Gasteiger partial charge in [-0.2, -0.15) is 10.2 Å². The SMILES string of the molecule is CCOC(=O)c1sc(Nc2nc(NCc3ccc([S+](C)[O-])cc3)cc(-c3ccc(C#N)cc3)n2)nc1C. The van der Waals surface area contributed by atoms with Gasteiger partial charge in [-0.15, -0.1) is 0 Å². The summed E-state index contributed by atoms with van der Waals surface area (Å²) in [7, 11) is 0. The Morgan fingerprint density at radius 1 is 1.14 bits per heavy atom. The number of nitrogens with one attached hydrogen (secondary N) is 2. The lowest BCUT2D eigenvalue weighted by Crippen LogP contribution is -2.06. The summed E-state index contributed by atoms with van der Waals surface area (Å²) in [4.78, 5) is 27.0. The highest BCUT2D eigenvalue weighted by molar-refractivity contribution is 7.90. The number of carbonyl (C=O) groups excluding carboxylic acids is 1. The van der Waals surface area contributed by atoms with Crippen LogP contribution in [-0.4, -0.2) is 38.3 Å². The van der Waals surface area contributed by atoms with Crippen molar-refractivity contribution in [1.29, 1.82) is 5.26 Å². The van der Waals surface area contributed by atoms with Crippen molar-refractivity contribution >= 4 is 45.4 Å². The molecule has 188 valence electrons. The summed E-state index contributed by atoms with van der Waals surface area (Å²) in [6.07, 6.45) is 1.65. The molecule has 4 aromatic rings. The van der Waals surface area contributed by atoms with E-state index in [1.807, 2.05) is 42.5 Å². The number of thiazole rings is 1. The zero-order valence-corrected chi connectivity index (χ0v) is 22.1. The number of nitriles is 1. The van der Waals surface area contributed by atoms with Crippen LogP contribution in [0, 0.1) is 18.3 Å². The summed E-state index contributed by atoms with van der Waals surface area (Å²) < 4.78 is 16.8. The van der Waals surface area contributed by atoms with E-state index in [1.165, 1.54) is 11.3 Å². The van der Waals surface area contributed by atoms with Crippen molar-refractivity contribution < 1.29 is 14.1 Å². The first-order chi connectivity index (χ1) is 17.9. The van der Waals surface area contributed by atoms with E-state index >= 15 is 0 Å². The smallest absolute Gasteiger partial charge is 0.350 e. The topological polar surface area (TPSA) is 136 Å². The van der Waals surface area contributed by atoms with Gasteiger partial charge in [-0.3, -0.25) is 5.32 Å². The van der Waals surface area contributed by atoms with Crippen molar-refractivity contribution in [3.63, 3.8) is 0 Å². The third-order valence-corrected chi connectivity index (χ3v) is 7.23. The largest absolute Gasteiger partial charge is 0.612 e. The van der Waals surface area contributed by atoms with Crippen molar-refractivity contribution in [3.8, 4) is 17.3 Å². The molecule has 0 radical (unpaired) electrons. The highest BCUT2D eigenvalue weighted by atomic mass is 32.2. The van der Waals surface area contributed by atoms with Crippen LogP contribution in [0.25, 0.3) is 11.3 Å². The molecule has 37 heavy (non-hydrogen) atoms. The standard InChI is InChI=1S/C26H24N6O3S2/c1-4-35-24(33)23-16(2)29-26(36-23)32-25-30-21(19-9-5-17(14-27)6-10-19)13-22(31-25)28-15-18-7-11-20(12-8-18)37(3)34/h5-13H,4,15H2,1-3H3,(H2,28,29,30,31,32). The van der Waals surface area contributed by atoms with Gasteiger partial charge in [-0.25, -0.2) is 14.8 Å². The fourth-order valence-corrected chi connectivity index (χ4v) is 4.75. The van der Waals surface area contributed by atoms with Crippen molar-refractivity contribution in [2.24, 2.45) is 0 Å². The van der Waals surface area contributed by atoms with Crippen molar-refractivity contribution in [2.45, 2.75) is 25.3 Å². The van der Waals surface area contributed by atoms with Gasteiger partial charge in [0.05, 0.1) is 29.6 Å². The van der Waals surface area contributed by atoms with E-state index in [-0.39, 0.29) is 6.61 Å². The summed E-state index contributed by atoms with van der Waals surface area (Å²) in [5, 5.41) is 16.0. The van der Waals surface area contributed by atoms with E-state index in [9.17, 15) is 9.35 Å². The van der Waals surface area contributed by atoms with Gasteiger partial charge in [0.1, 0.15) is 17.0 Å². The van der Waals surface area contributed by atoms with Gasteiger partial charge in [0.2, 0.25) is 5.95 Å². The number of aryl methyl sites for hydroxylation is 1. The van der Waals surface area contributed by atoms with E-state index in [4.69, 9.17) is 10.00 Å². The van der Waals surface area contributed by atoms with E-state index in [0.717, 1.165) is 16.0 Å². The maximum Gasteiger partial charge on any atom is 0.350 e. The van der Waals surface area contributed by atoms with E-state index in [0.29, 0.717) is 45.3 Å². The summed E-state index contributed by atoms with van der Waals surface area (Å²) in [5.41, 5.74) is 3.56. The van der Waals surface area contributed by atoms with Gasteiger partial charge in [-0.1, -0.05) is 35.6 Å². The summed E-state index contributed by atoms with van der Waals surface area (Å²) in [6.45, 7) is 4.27. The van der Waals surface area contributed by atoms with Crippen molar-refractivity contribution in [1.82, 2.24) is 15.0 Å². The second kappa shape index (κ2) is 11.8. The molecular formula is C26H24N6O3S2. The molecule has 2 heterocycles. The maximum absolute atomic E-state index is 12.2. The van der Waals surface area contributed by atoms with Crippen LogP contribution in [0.15, 0.2) is 59.5 Å². The van der Waals surface area contributed by atoms with E-state index < -0.39 is 17.1 Å². The number of rotatable bonds is 9. The third-order valence-electron chi connectivity index (χ3n) is 5.24. The minimum absolute atomic E-state index is 0.280. The molecule has 2 aromatic heterocycles. The van der Waals surface area contributed by atoms with Crippen LogP contribution in [0.5, 0.6) is 0 Å². The molecule has 1 atom stereocenters. The van der Waals surface area contributed by atoms with E-state index in [1.54, 1.807) is 32.2 Å². The normalized spacial score (nSPS) is 11.4. The fourth-order valence-electron chi connectivity index (χ4n) is 3.38. The average Bonchev–Trinajstić information content (AvgIpc) is 3.27. The minimum atomic E-state index is -1.03. The van der Waals surface area contributed by atoms with Gasteiger partial charge in [-0.05, 0) is 54.9 Å². The van der Waals surface area contributed by atoms with Gasteiger partial charge in [0.25, 0.3) is 0 Å². The molecule has 0 spiro atoms. The lowest BCUT2D eigenvalue weighted by Gasteiger charge is -2.11. The summed E-state index contributed by atoms with van der Waals surface area (Å²) >= 11 is 0.136. The van der Waals surface area contributed by atoms with Crippen molar-refractivity contribution in [3.05, 3.63) is 76.3 Å². The molecule has 2 N–H and O–H groups in total. The number of benzene rings is 2. The first-order valence-electron chi connectivity index (χ1n) is 11.3. The van der Waals surface area contributed by atoms with Gasteiger partial charge in [0, 0.05) is 18.2 Å². The number of esters is 1. The van der Waals surface area contributed by atoms with Crippen LogP contribution in [0.2, 0.25) is 0 Å². The quantitative estimate of drug-likeness (QED) is 0.224. The zero-order valence-electron chi connectivity index (χ0n) is 20.4. The minimum Gasteiger partial charge on any atom is -0.612 e. The van der Waals surface area contributed by atoms with Crippen LogP contribution in [0.4, 0.5) is 16.9 Å². The summed E-state index contributed by atoms with van der Waals surface area (Å²) in [5.74, 6) is 0.447. The Kier molecular flexibility index (Phi) is 8.35. The van der Waals surface area contributed by atoms with Crippen LogP contribution in [-0.2, 0) is 22.5 Å². The van der Waals surface area contributed by atoms with Crippen LogP contribution < -0.4 is 10.6 Å². The number of carbonyl (C=O) groups is 1. The number of aromatic nitrogens is 3. The molecule has 0 fully saturated rings. The lowest BCUT2D eigenvalue weighted by molar-refractivity contribution is 0.0531. The molecule has 0 aliphatic rings. The predicted octanol–water partition coefficient (Wildman–Crippen LogP) is 5.05. The summed E-state index contributed by atoms with van der Waals surface area (Å²) in [6, 6.07) is 18.6. The third kappa shape index (κ3) is 6.62. The van der Waals surface area contributed by atoms with Crippen molar-refractivity contribution in [2.75, 3.05) is 23.5 Å². The number of anilines is 3. The molecule has 1 unspecified atom stereocenters.